The molecule has 0 spiro atoms. The number of nitrogens with zero attached hydrogens (tertiary/aromatic N) is 4. The number of hydrogen-bond donors (Lipinski definition) is 1. The lowest BCUT2D eigenvalue weighted by atomic mass is 9.90. The average molecular weight is 438 g/mol. The molecule has 0 radical (unpaired) electrons. The first kappa shape index (κ1) is 22.2. The zero-order chi connectivity index (χ0) is 22.3. The molecule has 2 aliphatic heterocycles. The molecule has 1 N–H and O–H groups in total. The van der Waals surface area contributed by atoms with Gasteiger partial charge >= 0.3 is 0 Å². The van der Waals surface area contributed by atoms with Crippen molar-refractivity contribution in [3.8, 4) is 0 Å². The maximum Gasteiger partial charge on any atom is 0.248 e. The summed E-state index contributed by atoms with van der Waals surface area (Å²) in [5.41, 5.74) is 2.09. The van der Waals surface area contributed by atoms with Crippen molar-refractivity contribution in [1.82, 2.24) is 15.1 Å². The van der Waals surface area contributed by atoms with Crippen LogP contribution in [0.15, 0.2) is 42.6 Å². The highest BCUT2D eigenvalue weighted by atomic mass is 16.5. The standard InChI is InChI=1S/C24H31N5O3/c1-2-32-17-23(30)28-12-9-19(10-13-28)14-18-5-7-21(8-6-18)26-24(31)20-15-29(16-20)22-4-3-11-25-27-22/h3-8,11,19-20H,2,9-10,12-17H2,1H3,(H,26,31). The third-order valence-corrected chi connectivity index (χ3v) is 6.28. The van der Waals surface area contributed by atoms with Crippen LogP contribution in [0.4, 0.5) is 11.5 Å². The quantitative estimate of drug-likeness (QED) is 0.682. The smallest absolute Gasteiger partial charge is 0.248 e. The third-order valence-electron chi connectivity index (χ3n) is 6.28. The molecule has 2 saturated heterocycles. The number of carbonyl (C=O) groups is 2. The summed E-state index contributed by atoms with van der Waals surface area (Å²) in [6.07, 6.45) is 4.67. The molecule has 0 atom stereocenters. The number of carbonyl (C=O) groups excluding carboxylic acids is 2. The van der Waals surface area contributed by atoms with Crippen LogP contribution >= 0.6 is 0 Å². The van der Waals surface area contributed by atoms with E-state index in [4.69, 9.17) is 4.74 Å². The first-order chi connectivity index (χ1) is 15.6. The largest absolute Gasteiger partial charge is 0.372 e. The van der Waals surface area contributed by atoms with E-state index in [2.05, 4.69) is 32.5 Å². The summed E-state index contributed by atoms with van der Waals surface area (Å²) in [6, 6.07) is 11.9. The van der Waals surface area contributed by atoms with Gasteiger partial charge in [0, 0.05) is 44.7 Å². The Morgan fingerprint density at radius 2 is 1.88 bits per heavy atom. The molecule has 2 fully saturated rings. The molecule has 4 rings (SSSR count). The fourth-order valence-electron chi connectivity index (χ4n) is 4.26. The normalized spacial score (nSPS) is 17.2. The number of benzene rings is 1. The molecule has 0 saturated carbocycles. The van der Waals surface area contributed by atoms with E-state index >= 15 is 0 Å². The van der Waals surface area contributed by atoms with Gasteiger partial charge in [0.25, 0.3) is 0 Å². The SMILES string of the molecule is CCOCC(=O)N1CCC(Cc2ccc(NC(=O)C3CN(c4cccnn4)C3)cc2)CC1. The summed E-state index contributed by atoms with van der Waals surface area (Å²) in [4.78, 5) is 28.5. The van der Waals surface area contributed by atoms with Crippen LogP contribution in [0.3, 0.4) is 0 Å². The van der Waals surface area contributed by atoms with Gasteiger partial charge < -0.3 is 19.9 Å². The van der Waals surface area contributed by atoms with Gasteiger partial charge in [0.05, 0.1) is 5.92 Å². The molecule has 0 unspecified atom stereocenters. The van der Waals surface area contributed by atoms with E-state index in [-0.39, 0.29) is 24.3 Å². The summed E-state index contributed by atoms with van der Waals surface area (Å²) >= 11 is 0. The lowest BCUT2D eigenvalue weighted by molar-refractivity contribution is -0.137. The number of anilines is 2. The number of rotatable bonds is 8. The molecule has 2 amide bonds. The van der Waals surface area contributed by atoms with Crippen LogP contribution in [0.1, 0.15) is 25.3 Å². The van der Waals surface area contributed by atoms with E-state index in [1.165, 1.54) is 5.56 Å². The van der Waals surface area contributed by atoms with Crippen molar-refractivity contribution >= 4 is 23.3 Å². The van der Waals surface area contributed by atoms with Gasteiger partial charge in [-0.15, -0.1) is 5.10 Å². The highest BCUT2D eigenvalue weighted by Crippen LogP contribution is 2.25. The van der Waals surface area contributed by atoms with E-state index in [0.717, 1.165) is 43.9 Å². The number of aromatic nitrogens is 2. The monoisotopic (exact) mass is 437 g/mol. The zero-order valence-electron chi connectivity index (χ0n) is 18.6. The zero-order valence-corrected chi connectivity index (χ0v) is 18.6. The molecule has 2 aromatic rings. The van der Waals surface area contributed by atoms with E-state index in [9.17, 15) is 9.59 Å². The van der Waals surface area contributed by atoms with Crippen molar-refractivity contribution < 1.29 is 14.3 Å². The Morgan fingerprint density at radius 3 is 2.53 bits per heavy atom. The second-order valence-electron chi connectivity index (χ2n) is 8.54. The molecule has 2 aliphatic rings. The summed E-state index contributed by atoms with van der Waals surface area (Å²) in [5.74, 6) is 1.49. The average Bonchev–Trinajstić information content (AvgIpc) is 2.79. The minimum absolute atomic E-state index is 0.0349. The molecule has 1 aromatic heterocycles. The van der Waals surface area contributed by atoms with Gasteiger partial charge in [-0.1, -0.05) is 12.1 Å². The Bertz CT molecular complexity index is 892. The van der Waals surface area contributed by atoms with Crippen LogP contribution < -0.4 is 10.2 Å². The fraction of sp³-hybridized carbons (Fsp3) is 0.500. The highest BCUT2D eigenvalue weighted by Gasteiger charge is 2.33. The minimum Gasteiger partial charge on any atom is -0.372 e. The van der Waals surface area contributed by atoms with E-state index in [0.29, 0.717) is 25.6 Å². The maximum atomic E-state index is 12.5. The van der Waals surface area contributed by atoms with E-state index in [1.54, 1.807) is 6.20 Å². The number of amides is 2. The Labute approximate surface area is 188 Å². The van der Waals surface area contributed by atoms with Crippen molar-refractivity contribution in [2.45, 2.75) is 26.2 Å². The molecule has 8 heteroatoms. The molecule has 0 aliphatic carbocycles. The number of hydrogen-bond acceptors (Lipinski definition) is 6. The minimum atomic E-state index is -0.0349. The van der Waals surface area contributed by atoms with Crippen LogP contribution in [0.2, 0.25) is 0 Å². The Hall–Kier alpha value is -3.00. The summed E-state index contributed by atoms with van der Waals surface area (Å²) in [7, 11) is 0. The molecular formula is C24H31N5O3. The molecule has 8 nitrogen and oxygen atoms in total. The number of likely N-dealkylation sites (tertiary alicyclic amines) is 1. The summed E-state index contributed by atoms with van der Waals surface area (Å²) in [6.45, 7) is 5.59. The molecule has 170 valence electrons. The predicted octanol–water partition coefficient (Wildman–Crippen LogP) is 2.37. The van der Waals surface area contributed by atoms with Gasteiger partial charge in [0.15, 0.2) is 5.82 Å². The number of ether oxygens (including phenoxy) is 1. The van der Waals surface area contributed by atoms with E-state index in [1.807, 2.05) is 36.1 Å². The van der Waals surface area contributed by atoms with Crippen LogP contribution in [0.5, 0.6) is 0 Å². The summed E-state index contributed by atoms with van der Waals surface area (Å²) in [5, 5.41) is 11.0. The van der Waals surface area contributed by atoms with Crippen LogP contribution in [0, 0.1) is 11.8 Å². The van der Waals surface area contributed by atoms with Crippen LogP contribution in [0.25, 0.3) is 0 Å². The molecule has 1 aromatic carbocycles. The molecular weight excluding hydrogens is 406 g/mol. The second-order valence-corrected chi connectivity index (χ2v) is 8.54. The maximum absolute atomic E-state index is 12.5. The molecule has 3 heterocycles. The number of nitrogens with one attached hydrogen (secondary N) is 1. The Balaban J connectivity index is 1.19. The van der Waals surface area contributed by atoms with Crippen molar-refractivity contribution in [3.05, 3.63) is 48.2 Å². The Kier molecular flexibility index (Phi) is 7.32. The van der Waals surface area contributed by atoms with Gasteiger partial charge in [-0.25, -0.2) is 0 Å². The van der Waals surface area contributed by atoms with Gasteiger partial charge in [-0.2, -0.15) is 5.10 Å². The molecule has 32 heavy (non-hydrogen) atoms. The van der Waals surface area contributed by atoms with Gasteiger partial charge in [-0.3, -0.25) is 9.59 Å². The highest BCUT2D eigenvalue weighted by molar-refractivity contribution is 5.94. The topological polar surface area (TPSA) is 87.7 Å². The van der Waals surface area contributed by atoms with Gasteiger partial charge in [0.1, 0.15) is 6.61 Å². The lowest BCUT2D eigenvalue weighted by Crippen LogP contribution is -2.52. The van der Waals surface area contributed by atoms with Crippen molar-refractivity contribution in [2.24, 2.45) is 11.8 Å². The van der Waals surface area contributed by atoms with Crippen molar-refractivity contribution in [2.75, 3.05) is 49.6 Å². The van der Waals surface area contributed by atoms with Crippen LogP contribution in [-0.2, 0) is 20.7 Å². The van der Waals surface area contributed by atoms with Gasteiger partial charge in [0.2, 0.25) is 11.8 Å². The second kappa shape index (κ2) is 10.5. The first-order valence-corrected chi connectivity index (χ1v) is 11.4. The lowest BCUT2D eigenvalue weighted by Gasteiger charge is -2.38. The molecule has 0 bridgehead atoms. The summed E-state index contributed by atoms with van der Waals surface area (Å²) < 4.78 is 5.23. The first-order valence-electron chi connectivity index (χ1n) is 11.4. The third kappa shape index (κ3) is 5.62. The van der Waals surface area contributed by atoms with Crippen LogP contribution in [-0.4, -0.2) is 66.3 Å². The van der Waals surface area contributed by atoms with Gasteiger partial charge in [-0.05, 0) is 61.9 Å². The predicted molar refractivity (Wildman–Crippen MR) is 122 cm³/mol. The fourth-order valence-corrected chi connectivity index (χ4v) is 4.26. The Morgan fingerprint density at radius 1 is 1.12 bits per heavy atom. The van der Waals surface area contributed by atoms with E-state index < -0.39 is 0 Å². The van der Waals surface area contributed by atoms with Crippen molar-refractivity contribution in [1.29, 1.82) is 0 Å². The number of piperidine rings is 1. The van der Waals surface area contributed by atoms with Crippen molar-refractivity contribution in [3.63, 3.8) is 0 Å².